The first-order chi connectivity index (χ1) is 10.6. The Labute approximate surface area is 135 Å². The average molecular weight is 314 g/mol. The predicted octanol–water partition coefficient (Wildman–Crippen LogP) is 3.20. The van der Waals surface area contributed by atoms with E-state index in [1.165, 1.54) is 0 Å². The fraction of sp³-hybridized carbons (Fsp3) is 0.294. The third-order valence-corrected chi connectivity index (χ3v) is 4.35. The summed E-state index contributed by atoms with van der Waals surface area (Å²) in [5.41, 5.74) is 2.03. The summed E-state index contributed by atoms with van der Waals surface area (Å²) in [6.45, 7) is 6.13. The Morgan fingerprint density at radius 3 is 2.41 bits per heavy atom. The van der Waals surface area contributed by atoms with E-state index in [-0.39, 0.29) is 17.7 Å². The second kappa shape index (κ2) is 7.19. The average Bonchev–Trinajstić information content (AvgIpc) is 2.78. The number of terminal acetylenes is 1. The number of benzene rings is 1. The molecule has 0 unspecified atom stereocenters. The summed E-state index contributed by atoms with van der Waals surface area (Å²) < 4.78 is 0. The highest BCUT2D eigenvalue weighted by atomic mass is 32.2. The summed E-state index contributed by atoms with van der Waals surface area (Å²) >= 11 is 0.929. The molecular weight excluding hydrogens is 296 g/mol. The molecule has 0 bridgehead atoms. The van der Waals surface area contributed by atoms with E-state index in [1.807, 2.05) is 24.3 Å². The van der Waals surface area contributed by atoms with Crippen LogP contribution in [0, 0.1) is 12.3 Å². The van der Waals surface area contributed by atoms with Crippen LogP contribution in [-0.2, 0) is 4.79 Å². The fourth-order valence-corrected chi connectivity index (χ4v) is 3.09. The van der Waals surface area contributed by atoms with Crippen molar-refractivity contribution in [3.63, 3.8) is 0 Å². The van der Waals surface area contributed by atoms with E-state index in [9.17, 15) is 9.59 Å². The van der Waals surface area contributed by atoms with Crippen LogP contribution in [0.2, 0.25) is 0 Å². The molecule has 0 spiro atoms. The van der Waals surface area contributed by atoms with E-state index in [0.29, 0.717) is 4.91 Å². The molecule has 2 rings (SSSR count). The molecule has 1 aromatic rings. The Bertz CT molecular complexity index is 640. The monoisotopic (exact) mass is 314 g/mol. The van der Waals surface area contributed by atoms with Crippen LogP contribution in [0.5, 0.6) is 0 Å². The van der Waals surface area contributed by atoms with Crippen LogP contribution in [0.15, 0.2) is 29.2 Å². The first kappa shape index (κ1) is 16.2. The van der Waals surface area contributed by atoms with Gasteiger partial charge < -0.3 is 4.90 Å². The van der Waals surface area contributed by atoms with Crippen LogP contribution in [0.3, 0.4) is 0 Å². The van der Waals surface area contributed by atoms with Gasteiger partial charge in [-0.3, -0.25) is 14.5 Å². The number of amides is 2. The lowest BCUT2D eigenvalue weighted by Crippen LogP contribution is -2.28. The number of imide groups is 1. The Kier molecular flexibility index (Phi) is 5.29. The van der Waals surface area contributed by atoms with Gasteiger partial charge in [0.1, 0.15) is 0 Å². The van der Waals surface area contributed by atoms with Crippen molar-refractivity contribution in [2.45, 2.75) is 13.8 Å². The molecule has 114 valence electrons. The highest BCUT2D eigenvalue weighted by Gasteiger charge is 2.34. The third kappa shape index (κ3) is 3.34. The number of anilines is 1. The summed E-state index contributed by atoms with van der Waals surface area (Å²) in [4.78, 5) is 27.5. The van der Waals surface area contributed by atoms with Crippen molar-refractivity contribution >= 4 is 34.7 Å². The van der Waals surface area contributed by atoms with E-state index in [1.54, 1.807) is 6.08 Å². The zero-order valence-electron chi connectivity index (χ0n) is 12.7. The van der Waals surface area contributed by atoms with Gasteiger partial charge in [-0.15, -0.1) is 6.42 Å². The van der Waals surface area contributed by atoms with Crippen molar-refractivity contribution in [3.05, 3.63) is 34.7 Å². The normalized spacial score (nSPS) is 16.2. The summed E-state index contributed by atoms with van der Waals surface area (Å²) in [5, 5.41) is -0.311. The SMILES string of the molecule is C#CCN1C(=O)SC(=Cc2ccc(N(CC)CC)cc2)C1=O. The second-order valence-electron chi connectivity index (χ2n) is 4.74. The van der Waals surface area contributed by atoms with Gasteiger partial charge in [0.2, 0.25) is 0 Å². The number of thioether (sulfide) groups is 1. The maximum absolute atomic E-state index is 12.1. The van der Waals surface area contributed by atoms with Crippen molar-refractivity contribution in [2.75, 3.05) is 24.5 Å². The predicted molar refractivity (Wildman–Crippen MR) is 91.5 cm³/mol. The Morgan fingerprint density at radius 2 is 1.86 bits per heavy atom. The quantitative estimate of drug-likeness (QED) is 0.618. The molecule has 0 saturated carbocycles. The van der Waals surface area contributed by atoms with Crippen molar-refractivity contribution in [2.24, 2.45) is 0 Å². The second-order valence-corrected chi connectivity index (χ2v) is 5.73. The van der Waals surface area contributed by atoms with Crippen molar-refractivity contribution < 1.29 is 9.59 Å². The Hall–Kier alpha value is -2.19. The summed E-state index contributed by atoms with van der Waals surface area (Å²) in [5.74, 6) is 2.01. The molecule has 22 heavy (non-hydrogen) atoms. The van der Waals surface area contributed by atoms with Gasteiger partial charge in [-0.25, -0.2) is 0 Å². The van der Waals surface area contributed by atoms with Crippen molar-refractivity contribution in [3.8, 4) is 12.3 Å². The van der Waals surface area contributed by atoms with Crippen LogP contribution in [0.4, 0.5) is 10.5 Å². The van der Waals surface area contributed by atoms with E-state index in [2.05, 4.69) is 24.7 Å². The molecule has 1 saturated heterocycles. The molecule has 1 fully saturated rings. The van der Waals surface area contributed by atoms with E-state index >= 15 is 0 Å². The van der Waals surface area contributed by atoms with Gasteiger partial charge in [-0.1, -0.05) is 18.1 Å². The number of rotatable bonds is 5. The molecule has 0 aliphatic carbocycles. The number of hydrogen-bond acceptors (Lipinski definition) is 4. The van der Waals surface area contributed by atoms with Crippen LogP contribution in [0.1, 0.15) is 19.4 Å². The summed E-state index contributed by atoms with van der Waals surface area (Å²) in [6.07, 6.45) is 6.90. The molecule has 1 aromatic carbocycles. The molecule has 0 atom stereocenters. The van der Waals surface area contributed by atoms with Crippen molar-refractivity contribution in [1.29, 1.82) is 0 Å². The lowest BCUT2D eigenvalue weighted by Gasteiger charge is -2.20. The van der Waals surface area contributed by atoms with Gasteiger partial charge in [0.25, 0.3) is 11.1 Å². The molecule has 1 aliphatic heterocycles. The molecule has 2 amide bonds. The minimum absolute atomic E-state index is 0.0168. The summed E-state index contributed by atoms with van der Waals surface area (Å²) in [6, 6.07) is 7.93. The lowest BCUT2D eigenvalue weighted by molar-refractivity contribution is -0.122. The van der Waals surface area contributed by atoms with Gasteiger partial charge in [0, 0.05) is 18.8 Å². The Balaban J connectivity index is 2.18. The fourth-order valence-electron chi connectivity index (χ4n) is 2.25. The van der Waals surface area contributed by atoms with E-state index < -0.39 is 0 Å². The molecule has 0 N–H and O–H groups in total. The minimum Gasteiger partial charge on any atom is -0.372 e. The van der Waals surface area contributed by atoms with Gasteiger partial charge in [0.15, 0.2) is 0 Å². The topological polar surface area (TPSA) is 40.6 Å². The number of carbonyl (C=O) groups excluding carboxylic acids is 2. The van der Waals surface area contributed by atoms with Gasteiger partial charge in [0.05, 0.1) is 11.4 Å². The number of hydrogen-bond donors (Lipinski definition) is 0. The highest BCUT2D eigenvalue weighted by Crippen LogP contribution is 2.32. The molecule has 0 radical (unpaired) electrons. The first-order valence-corrected chi connectivity index (χ1v) is 7.96. The van der Waals surface area contributed by atoms with Crippen molar-refractivity contribution in [1.82, 2.24) is 4.90 Å². The van der Waals surface area contributed by atoms with E-state index in [0.717, 1.165) is 41.0 Å². The van der Waals surface area contributed by atoms with Gasteiger partial charge in [-0.05, 0) is 49.4 Å². The van der Waals surface area contributed by atoms with Crippen LogP contribution in [-0.4, -0.2) is 35.7 Å². The first-order valence-electron chi connectivity index (χ1n) is 7.14. The standard InChI is InChI=1S/C17H18N2O2S/c1-4-11-19-16(20)15(22-17(19)21)12-13-7-9-14(10-8-13)18(5-2)6-3/h1,7-10,12H,5-6,11H2,2-3H3. The maximum Gasteiger partial charge on any atom is 0.294 e. The minimum atomic E-state index is -0.319. The molecule has 4 nitrogen and oxygen atoms in total. The smallest absolute Gasteiger partial charge is 0.294 e. The van der Waals surface area contributed by atoms with Crippen LogP contribution in [0.25, 0.3) is 6.08 Å². The van der Waals surface area contributed by atoms with E-state index in [4.69, 9.17) is 6.42 Å². The lowest BCUT2D eigenvalue weighted by atomic mass is 10.1. The molecule has 1 heterocycles. The molecule has 0 aromatic heterocycles. The van der Waals surface area contributed by atoms with Crippen LogP contribution < -0.4 is 4.90 Å². The molecule has 5 heteroatoms. The Morgan fingerprint density at radius 1 is 1.23 bits per heavy atom. The largest absolute Gasteiger partial charge is 0.372 e. The summed E-state index contributed by atoms with van der Waals surface area (Å²) in [7, 11) is 0. The van der Waals surface area contributed by atoms with Gasteiger partial charge in [-0.2, -0.15) is 0 Å². The molecule has 1 aliphatic rings. The zero-order valence-corrected chi connectivity index (χ0v) is 13.5. The number of carbonyl (C=O) groups is 2. The third-order valence-electron chi connectivity index (χ3n) is 3.44. The van der Waals surface area contributed by atoms with Crippen LogP contribution >= 0.6 is 11.8 Å². The maximum atomic E-state index is 12.1. The number of nitrogens with zero attached hydrogens (tertiary/aromatic N) is 2. The van der Waals surface area contributed by atoms with Gasteiger partial charge >= 0.3 is 0 Å². The zero-order chi connectivity index (χ0) is 16.1. The molecular formula is C17H18N2O2S. The highest BCUT2D eigenvalue weighted by molar-refractivity contribution is 8.18.